The molecule has 1 saturated carbocycles. The van der Waals surface area contributed by atoms with Crippen LogP contribution in [0.5, 0.6) is 5.75 Å². The molecule has 2 aromatic rings. The molecule has 3 rings (SSSR count). The van der Waals surface area contributed by atoms with Crippen molar-refractivity contribution in [3.8, 4) is 5.75 Å². The molecule has 0 bridgehead atoms. The number of nitrogens with one attached hydrogen (secondary N) is 2. The lowest BCUT2D eigenvalue weighted by atomic mass is 9.87. The third kappa shape index (κ3) is 11.0. The summed E-state index contributed by atoms with van der Waals surface area (Å²) < 4.78 is 11.0. The number of hydrogen-bond acceptors (Lipinski definition) is 8. The quantitative estimate of drug-likeness (QED) is 0.249. The lowest BCUT2D eigenvalue weighted by molar-refractivity contribution is -0.159. The molecule has 0 aliphatic heterocycles. The number of amides is 4. The van der Waals surface area contributed by atoms with Gasteiger partial charge in [0, 0.05) is 12.5 Å². The van der Waals surface area contributed by atoms with Crippen molar-refractivity contribution in [2.45, 2.75) is 116 Å². The number of benzene rings is 2. The zero-order valence-electron chi connectivity index (χ0n) is 28.3. The van der Waals surface area contributed by atoms with Crippen LogP contribution in [0, 0.1) is 6.92 Å². The van der Waals surface area contributed by atoms with Gasteiger partial charge in [0.15, 0.2) is 0 Å². The Bertz CT molecular complexity index is 1440. The summed E-state index contributed by atoms with van der Waals surface area (Å²) in [7, 11) is 0. The minimum Gasteiger partial charge on any atom is -0.508 e. The van der Waals surface area contributed by atoms with Crippen LogP contribution in [0.4, 0.5) is 4.79 Å². The van der Waals surface area contributed by atoms with Crippen LogP contribution in [0.1, 0.15) is 90.0 Å². The van der Waals surface area contributed by atoms with Crippen molar-refractivity contribution in [3.63, 3.8) is 0 Å². The molecule has 0 spiro atoms. The molecular formula is C35H48N4O8. The molecule has 1 aliphatic rings. The number of aryl methyl sites for hydroxylation is 1. The topological polar surface area (TPSA) is 177 Å². The molecular weight excluding hydrogens is 604 g/mol. The molecule has 3 unspecified atom stereocenters. The fourth-order valence-corrected chi connectivity index (χ4v) is 5.17. The second-order valence-corrected chi connectivity index (χ2v) is 13.9. The number of hydrogen-bond donors (Lipinski definition) is 4. The first-order chi connectivity index (χ1) is 21.8. The Morgan fingerprint density at radius 2 is 1.53 bits per heavy atom. The summed E-state index contributed by atoms with van der Waals surface area (Å²) in [6.07, 6.45) is 0.541. The van der Waals surface area contributed by atoms with Crippen molar-refractivity contribution in [2.24, 2.45) is 5.73 Å². The normalized spacial score (nSPS) is 15.3. The monoisotopic (exact) mass is 652 g/mol. The first-order valence-electron chi connectivity index (χ1n) is 15.8. The van der Waals surface area contributed by atoms with E-state index in [1.807, 2.05) is 30.3 Å². The fourth-order valence-electron chi connectivity index (χ4n) is 5.17. The average Bonchev–Trinajstić information content (AvgIpc) is 2.91. The Hall–Kier alpha value is -4.61. The molecule has 4 amide bonds. The summed E-state index contributed by atoms with van der Waals surface area (Å²) in [4.78, 5) is 68.6. The molecule has 12 nitrogen and oxygen atoms in total. The van der Waals surface area contributed by atoms with Gasteiger partial charge in [0.2, 0.25) is 17.7 Å². The Morgan fingerprint density at radius 1 is 0.915 bits per heavy atom. The van der Waals surface area contributed by atoms with Crippen molar-refractivity contribution in [3.05, 3.63) is 65.2 Å². The predicted molar refractivity (Wildman–Crippen MR) is 175 cm³/mol. The van der Waals surface area contributed by atoms with Crippen molar-refractivity contribution >= 4 is 29.8 Å². The van der Waals surface area contributed by atoms with E-state index in [1.165, 1.54) is 17.0 Å². The molecule has 1 fully saturated rings. The molecule has 1 aliphatic carbocycles. The van der Waals surface area contributed by atoms with Crippen molar-refractivity contribution in [1.29, 1.82) is 0 Å². The van der Waals surface area contributed by atoms with Gasteiger partial charge >= 0.3 is 12.1 Å². The molecule has 5 N–H and O–H groups in total. The number of rotatable bonds is 12. The number of primary amides is 1. The highest BCUT2D eigenvalue weighted by molar-refractivity contribution is 5.96. The lowest BCUT2D eigenvalue weighted by Crippen LogP contribution is -2.59. The van der Waals surface area contributed by atoms with Crippen LogP contribution >= 0.6 is 0 Å². The number of esters is 1. The van der Waals surface area contributed by atoms with Gasteiger partial charge in [-0.05, 0) is 96.6 Å². The van der Waals surface area contributed by atoms with Gasteiger partial charge in [-0.3, -0.25) is 14.4 Å². The minimum absolute atomic E-state index is 0.0108. The van der Waals surface area contributed by atoms with E-state index in [4.69, 9.17) is 15.2 Å². The smallest absolute Gasteiger partial charge is 0.408 e. The molecule has 2 aromatic carbocycles. The van der Waals surface area contributed by atoms with Crippen LogP contribution < -0.4 is 16.4 Å². The number of nitrogens with zero attached hydrogens (tertiary/aromatic N) is 1. The van der Waals surface area contributed by atoms with Crippen molar-refractivity contribution in [1.82, 2.24) is 15.5 Å². The van der Waals surface area contributed by atoms with E-state index < -0.39 is 71.6 Å². The predicted octanol–water partition coefficient (Wildman–Crippen LogP) is 3.96. The van der Waals surface area contributed by atoms with Crippen LogP contribution in [0.2, 0.25) is 0 Å². The maximum Gasteiger partial charge on any atom is 0.408 e. The molecule has 0 heterocycles. The van der Waals surface area contributed by atoms with Gasteiger partial charge in [0.1, 0.15) is 35.1 Å². The van der Waals surface area contributed by atoms with Gasteiger partial charge in [-0.15, -0.1) is 0 Å². The molecule has 0 radical (unpaired) electrons. The van der Waals surface area contributed by atoms with E-state index in [0.29, 0.717) is 24.0 Å². The van der Waals surface area contributed by atoms with E-state index in [-0.39, 0.29) is 12.2 Å². The molecule has 12 heteroatoms. The van der Waals surface area contributed by atoms with Crippen molar-refractivity contribution in [2.75, 3.05) is 0 Å². The zero-order valence-corrected chi connectivity index (χ0v) is 28.3. The number of nitrogens with two attached hydrogens (primary N) is 1. The van der Waals surface area contributed by atoms with E-state index in [2.05, 4.69) is 10.6 Å². The summed E-state index contributed by atoms with van der Waals surface area (Å²) in [6, 6.07) is 9.34. The van der Waals surface area contributed by atoms with Gasteiger partial charge in [-0.1, -0.05) is 36.4 Å². The average molecular weight is 653 g/mol. The van der Waals surface area contributed by atoms with Gasteiger partial charge in [-0.25, -0.2) is 9.59 Å². The summed E-state index contributed by atoms with van der Waals surface area (Å²) in [5, 5.41) is 15.6. The fraction of sp³-hybridized carbons (Fsp3) is 0.514. The summed E-state index contributed by atoms with van der Waals surface area (Å²) in [6.45, 7) is 11.8. The Kier molecular flexibility index (Phi) is 12.0. The zero-order chi connectivity index (χ0) is 35.1. The van der Waals surface area contributed by atoms with E-state index >= 15 is 0 Å². The highest BCUT2D eigenvalue weighted by atomic mass is 16.6. The van der Waals surface area contributed by atoms with Gasteiger partial charge in [0.25, 0.3) is 0 Å². The summed E-state index contributed by atoms with van der Waals surface area (Å²) >= 11 is 0. The van der Waals surface area contributed by atoms with Crippen LogP contribution in [0.25, 0.3) is 0 Å². The Balaban J connectivity index is 2.09. The first-order valence-corrected chi connectivity index (χ1v) is 15.8. The summed E-state index contributed by atoms with van der Waals surface area (Å²) in [5.41, 5.74) is 5.36. The maximum absolute atomic E-state index is 14.5. The van der Waals surface area contributed by atoms with Crippen LogP contribution in [-0.4, -0.2) is 69.1 Å². The number of ether oxygens (including phenoxy) is 2. The molecule has 3 atom stereocenters. The first kappa shape index (κ1) is 36.9. The largest absolute Gasteiger partial charge is 0.508 e. The third-order valence-corrected chi connectivity index (χ3v) is 7.47. The highest BCUT2D eigenvalue weighted by Gasteiger charge is 2.43. The Morgan fingerprint density at radius 3 is 2.04 bits per heavy atom. The third-order valence-electron chi connectivity index (χ3n) is 7.47. The SMILES string of the molecule is Cc1cc(C(C(=O)NC(Cc2ccccc2)C(=O)OC(C)(C)C)N(C(=O)C(CC(N)=O)NC(=O)OC(C)(C)C)C2CCC2)ccc1O. The van der Waals surface area contributed by atoms with Crippen LogP contribution in [-0.2, 0) is 35.1 Å². The van der Waals surface area contributed by atoms with Crippen molar-refractivity contribution < 1.29 is 38.6 Å². The maximum atomic E-state index is 14.5. The number of aromatic hydroxyl groups is 1. The van der Waals surface area contributed by atoms with E-state index in [0.717, 1.165) is 12.0 Å². The van der Waals surface area contributed by atoms with Crippen LogP contribution in [0.15, 0.2) is 48.5 Å². The van der Waals surface area contributed by atoms with Gasteiger partial charge in [0.05, 0.1) is 6.42 Å². The number of phenolic OH excluding ortho intramolecular Hbond substituents is 1. The number of phenols is 1. The minimum atomic E-state index is -1.44. The molecule has 0 aromatic heterocycles. The molecule has 256 valence electrons. The highest BCUT2D eigenvalue weighted by Crippen LogP contribution is 2.35. The molecule has 47 heavy (non-hydrogen) atoms. The van der Waals surface area contributed by atoms with E-state index in [9.17, 15) is 29.1 Å². The second kappa shape index (κ2) is 15.3. The second-order valence-electron chi connectivity index (χ2n) is 13.9. The molecule has 0 saturated heterocycles. The van der Waals surface area contributed by atoms with Gasteiger partial charge < -0.3 is 35.8 Å². The Labute approximate surface area is 276 Å². The number of carbonyl (C=O) groups excluding carboxylic acids is 5. The summed E-state index contributed by atoms with van der Waals surface area (Å²) in [5.74, 6) is -2.92. The number of carbonyl (C=O) groups is 5. The lowest BCUT2D eigenvalue weighted by Gasteiger charge is -2.44. The van der Waals surface area contributed by atoms with Gasteiger partial charge in [-0.2, -0.15) is 0 Å². The standard InChI is InChI=1S/C35H48N4O8/c1-21-18-23(16-17-27(21)40)29(30(42)37-26(32(44)46-34(2,3)4)19-22-12-9-8-10-13-22)39(24-14-11-15-24)31(43)25(20-28(36)41)38-33(45)47-35(5,6)7/h8-10,12-13,16-18,24-26,29,40H,11,14-15,19-20H2,1-7H3,(H2,36,41)(H,37,42)(H,38,45). The van der Waals surface area contributed by atoms with Crippen LogP contribution in [0.3, 0.4) is 0 Å². The number of alkyl carbamates (subject to hydrolysis) is 1. The van der Waals surface area contributed by atoms with E-state index in [1.54, 1.807) is 54.5 Å².